The van der Waals surface area contributed by atoms with Crippen LogP contribution in [0.15, 0.2) is 112 Å². The van der Waals surface area contributed by atoms with Crippen molar-refractivity contribution in [3.8, 4) is 11.3 Å². The fraction of sp³-hybridized carbons (Fsp3) is 0. The van der Waals surface area contributed by atoms with E-state index in [-0.39, 0.29) is 5.69 Å². The fourth-order valence-corrected chi connectivity index (χ4v) is 2.94. The predicted octanol–water partition coefficient (Wildman–Crippen LogP) is 5.73. The van der Waals surface area contributed by atoms with Gasteiger partial charge in [0.25, 0.3) is 5.69 Å². The Morgan fingerprint density at radius 3 is 1.97 bits per heavy atom. The van der Waals surface area contributed by atoms with Gasteiger partial charge in [-0.05, 0) is 24.3 Å². The molecule has 0 bridgehead atoms. The Morgan fingerprint density at radius 1 is 0.800 bits per heavy atom. The summed E-state index contributed by atoms with van der Waals surface area (Å²) in [6.07, 6.45) is 1.54. The monoisotopic (exact) mass is 395 g/mol. The number of hydrogen-bond donors (Lipinski definition) is 0. The molecule has 0 saturated heterocycles. The first-order chi connectivity index (χ1) is 14.7. The molecule has 0 fully saturated rings. The first kappa shape index (κ1) is 19.0. The van der Waals surface area contributed by atoms with Crippen molar-refractivity contribution in [3.05, 3.63) is 124 Å². The Balaban J connectivity index is 1.58. The first-order valence-corrected chi connectivity index (χ1v) is 9.27. The van der Waals surface area contributed by atoms with Gasteiger partial charge in [0.2, 0.25) is 0 Å². The van der Waals surface area contributed by atoms with Gasteiger partial charge >= 0.3 is 0 Å². The molecule has 0 saturated carbocycles. The van der Waals surface area contributed by atoms with Crippen molar-refractivity contribution in [1.82, 2.24) is 0 Å². The second-order valence-electron chi connectivity index (χ2n) is 6.43. The molecular weight excluding hydrogens is 378 g/mol. The van der Waals surface area contributed by atoms with Gasteiger partial charge in [-0.3, -0.25) is 10.1 Å². The average Bonchev–Trinajstić information content (AvgIpc) is 3.27. The molecule has 146 valence electrons. The number of non-ortho nitro benzene ring substituents is 1. The molecule has 0 atom stereocenters. The van der Waals surface area contributed by atoms with Crippen molar-refractivity contribution >= 4 is 17.6 Å². The molecule has 0 N–H and O–H groups in total. The second-order valence-corrected chi connectivity index (χ2v) is 6.43. The van der Waals surface area contributed by atoms with Crippen LogP contribution in [0, 0.1) is 10.1 Å². The summed E-state index contributed by atoms with van der Waals surface area (Å²) < 4.78 is 5.77. The molecule has 4 aromatic rings. The fourth-order valence-electron chi connectivity index (χ4n) is 2.94. The highest BCUT2D eigenvalue weighted by molar-refractivity contribution is 6.12. The summed E-state index contributed by atoms with van der Waals surface area (Å²) in [7, 11) is 0. The van der Waals surface area contributed by atoms with E-state index in [1.165, 1.54) is 12.1 Å². The number of rotatable bonds is 6. The summed E-state index contributed by atoms with van der Waals surface area (Å²) in [6, 6.07) is 29.5. The molecule has 0 aliphatic rings. The van der Waals surface area contributed by atoms with E-state index in [2.05, 4.69) is 10.2 Å². The van der Waals surface area contributed by atoms with E-state index < -0.39 is 4.92 Å². The summed E-state index contributed by atoms with van der Waals surface area (Å²) in [5.74, 6) is 1.13. The van der Waals surface area contributed by atoms with E-state index in [1.54, 1.807) is 30.5 Å². The predicted molar refractivity (Wildman–Crippen MR) is 117 cm³/mol. The van der Waals surface area contributed by atoms with E-state index in [1.807, 2.05) is 60.7 Å². The third-order valence-corrected chi connectivity index (χ3v) is 4.43. The molecule has 1 heterocycles. The Labute approximate surface area is 173 Å². The van der Waals surface area contributed by atoms with Crippen molar-refractivity contribution < 1.29 is 9.34 Å². The molecule has 0 radical (unpaired) electrons. The van der Waals surface area contributed by atoms with E-state index >= 15 is 0 Å². The summed E-state index contributed by atoms with van der Waals surface area (Å²) in [5.41, 5.74) is 3.47. The number of hydrogen-bond acceptors (Lipinski definition) is 5. The van der Waals surface area contributed by atoms with Crippen LogP contribution in [-0.2, 0) is 0 Å². The zero-order valence-electron chi connectivity index (χ0n) is 15.9. The highest BCUT2D eigenvalue weighted by atomic mass is 16.6. The average molecular weight is 395 g/mol. The summed E-state index contributed by atoms with van der Waals surface area (Å²) >= 11 is 0. The van der Waals surface area contributed by atoms with Gasteiger partial charge in [0.05, 0.1) is 11.1 Å². The molecule has 6 heteroatoms. The molecule has 1 aromatic heterocycles. The minimum absolute atomic E-state index is 0.0378. The van der Waals surface area contributed by atoms with Crippen LogP contribution >= 0.6 is 0 Å². The zero-order chi connectivity index (χ0) is 20.8. The molecular formula is C24H17N3O3. The van der Waals surface area contributed by atoms with Gasteiger partial charge in [0, 0.05) is 28.8 Å². The standard InChI is InChI=1S/C24H17N3O3/c28-27(29)21-13-11-18(12-14-21)23-16-15-22(30-23)17-25-26-24(19-7-3-1-4-8-19)20-9-5-2-6-10-20/h1-17H. The van der Waals surface area contributed by atoms with Crippen molar-refractivity contribution in [2.24, 2.45) is 10.2 Å². The Bertz CT molecular complexity index is 1150. The molecule has 0 amide bonds. The maximum Gasteiger partial charge on any atom is 0.269 e. The van der Waals surface area contributed by atoms with E-state index in [4.69, 9.17) is 4.42 Å². The lowest BCUT2D eigenvalue weighted by atomic mass is 10.0. The minimum atomic E-state index is -0.431. The maximum atomic E-state index is 10.8. The van der Waals surface area contributed by atoms with Crippen LogP contribution in [0.2, 0.25) is 0 Å². The van der Waals surface area contributed by atoms with Crippen LogP contribution in [-0.4, -0.2) is 16.8 Å². The number of nitrogens with zero attached hydrogens (tertiary/aromatic N) is 3. The number of furan rings is 1. The molecule has 0 unspecified atom stereocenters. The van der Waals surface area contributed by atoms with Gasteiger partial charge in [-0.1, -0.05) is 60.7 Å². The molecule has 4 rings (SSSR count). The highest BCUT2D eigenvalue weighted by Crippen LogP contribution is 2.24. The number of nitro benzene ring substituents is 1. The summed E-state index contributed by atoms with van der Waals surface area (Å²) in [5, 5.41) is 19.4. The van der Waals surface area contributed by atoms with Gasteiger partial charge < -0.3 is 4.42 Å². The lowest BCUT2D eigenvalue weighted by molar-refractivity contribution is -0.384. The number of nitro groups is 1. The van der Waals surface area contributed by atoms with Gasteiger partial charge in [0.15, 0.2) is 0 Å². The molecule has 3 aromatic carbocycles. The maximum absolute atomic E-state index is 10.8. The second kappa shape index (κ2) is 8.79. The number of benzene rings is 3. The smallest absolute Gasteiger partial charge is 0.269 e. The Hall–Kier alpha value is -4.32. The van der Waals surface area contributed by atoms with Crippen LogP contribution in [0.4, 0.5) is 5.69 Å². The molecule has 0 aliphatic heterocycles. The van der Waals surface area contributed by atoms with Gasteiger partial charge in [-0.15, -0.1) is 5.10 Å². The lowest BCUT2D eigenvalue weighted by Gasteiger charge is -2.04. The minimum Gasteiger partial charge on any atom is -0.455 e. The van der Waals surface area contributed by atoms with E-state index in [0.29, 0.717) is 11.5 Å². The Morgan fingerprint density at radius 2 is 1.40 bits per heavy atom. The van der Waals surface area contributed by atoms with Gasteiger partial charge in [-0.2, -0.15) is 5.10 Å². The normalized spacial score (nSPS) is 10.8. The van der Waals surface area contributed by atoms with Crippen LogP contribution in [0.5, 0.6) is 0 Å². The van der Waals surface area contributed by atoms with Gasteiger partial charge in [-0.25, -0.2) is 0 Å². The first-order valence-electron chi connectivity index (χ1n) is 9.27. The van der Waals surface area contributed by atoms with Crippen LogP contribution in [0.3, 0.4) is 0 Å². The third-order valence-electron chi connectivity index (χ3n) is 4.43. The Kier molecular flexibility index (Phi) is 5.57. The topological polar surface area (TPSA) is 81.0 Å². The quantitative estimate of drug-likeness (QED) is 0.238. The van der Waals surface area contributed by atoms with Crippen molar-refractivity contribution in [3.63, 3.8) is 0 Å². The van der Waals surface area contributed by atoms with Crippen molar-refractivity contribution in [2.45, 2.75) is 0 Å². The molecule has 30 heavy (non-hydrogen) atoms. The van der Waals surface area contributed by atoms with Crippen LogP contribution < -0.4 is 0 Å². The van der Waals surface area contributed by atoms with Gasteiger partial charge in [0.1, 0.15) is 17.2 Å². The molecule has 6 nitrogen and oxygen atoms in total. The van der Waals surface area contributed by atoms with Crippen LogP contribution in [0.25, 0.3) is 11.3 Å². The van der Waals surface area contributed by atoms with Crippen LogP contribution in [0.1, 0.15) is 16.9 Å². The third kappa shape index (κ3) is 4.39. The SMILES string of the molecule is O=[N+]([O-])c1ccc(-c2ccc(C=NN=C(c3ccccc3)c3ccccc3)o2)cc1. The summed E-state index contributed by atoms with van der Waals surface area (Å²) in [4.78, 5) is 10.4. The lowest BCUT2D eigenvalue weighted by Crippen LogP contribution is -2.02. The van der Waals surface area contributed by atoms with E-state index in [0.717, 1.165) is 22.4 Å². The van der Waals surface area contributed by atoms with Crippen molar-refractivity contribution in [2.75, 3.05) is 0 Å². The van der Waals surface area contributed by atoms with E-state index in [9.17, 15) is 10.1 Å². The molecule has 0 aliphatic carbocycles. The highest BCUT2D eigenvalue weighted by Gasteiger charge is 2.08. The largest absolute Gasteiger partial charge is 0.455 e. The molecule has 0 spiro atoms. The zero-order valence-corrected chi connectivity index (χ0v) is 15.9. The summed E-state index contributed by atoms with van der Waals surface area (Å²) in [6.45, 7) is 0. The van der Waals surface area contributed by atoms with Crippen molar-refractivity contribution in [1.29, 1.82) is 0 Å².